The molecular weight excluding hydrogens is 246 g/mol. The van der Waals surface area contributed by atoms with Crippen molar-refractivity contribution in [1.29, 1.82) is 0 Å². The van der Waals surface area contributed by atoms with Crippen LogP contribution in [0.4, 0.5) is 23.2 Å². The second-order valence-electron chi connectivity index (χ2n) is 3.09. The summed E-state index contributed by atoms with van der Waals surface area (Å²) in [7, 11) is 0. The highest BCUT2D eigenvalue weighted by atomic mass is 19.4. The third kappa shape index (κ3) is 4.55. The third-order valence-corrected chi connectivity index (χ3v) is 2.01. The summed E-state index contributed by atoms with van der Waals surface area (Å²) in [5.41, 5.74) is 3.48. The topological polar surface area (TPSA) is 26.0 Å². The van der Waals surface area contributed by atoms with Gasteiger partial charge in [0.2, 0.25) is 0 Å². The summed E-state index contributed by atoms with van der Waals surface area (Å²) in [6, 6.07) is 0.991. The third-order valence-electron chi connectivity index (χ3n) is 2.01. The summed E-state index contributed by atoms with van der Waals surface area (Å²) < 4.78 is 50.3. The van der Waals surface area contributed by atoms with E-state index >= 15 is 0 Å². The lowest BCUT2D eigenvalue weighted by atomic mass is 10.0. The Kier molecular flexibility index (Phi) is 8.43. The Hall–Kier alpha value is -1.26. The number of rotatable bonds is 0. The maximum Gasteiger partial charge on any atom is 0.417 e. The van der Waals surface area contributed by atoms with Crippen LogP contribution in [-0.2, 0) is 6.18 Å². The van der Waals surface area contributed by atoms with Crippen LogP contribution in [0.1, 0.15) is 44.4 Å². The van der Waals surface area contributed by atoms with Crippen molar-refractivity contribution in [2.75, 3.05) is 5.73 Å². The van der Waals surface area contributed by atoms with Gasteiger partial charge in [-0.15, -0.1) is 0 Å². The number of aryl methyl sites for hydroxylation is 1. The molecule has 2 N–H and O–H groups in total. The molecule has 0 aliphatic carbocycles. The van der Waals surface area contributed by atoms with Crippen LogP contribution in [0, 0.1) is 19.7 Å². The van der Waals surface area contributed by atoms with E-state index in [9.17, 15) is 17.6 Å². The average molecular weight is 267 g/mol. The van der Waals surface area contributed by atoms with Crippen molar-refractivity contribution >= 4 is 5.69 Å². The standard InChI is InChI=1S/C9H9F4N.2C2H6/c1-4-3-6(14)8(10)5(2)7(4)9(11,12)13;2*1-2/h3H,14H2,1-2H3;2*1-2H3. The van der Waals surface area contributed by atoms with E-state index in [0.29, 0.717) is 0 Å². The van der Waals surface area contributed by atoms with Gasteiger partial charge in [-0.2, -0.15) is 13.2 Å². The molecule has 18 heavy (non-hydrogen) atoms. The molecule has 0 atom stereocenters. The first-order valence-corrected chi connectivity index (χ1v) is 5.87. The quantitative estimate of drug-likeness (QED) is 0.514. The molecule has 0 saturated carbocycles. The summed E-state index contributed by atoms with van der Waals surface area (Å²) in [5, 5.41) is 0. The zero-order valence-electron chi connectivity index (χ0n) is 11.7. The molecule has 0 aliphatic rings. The lowest BCUT2D eigenvalue weighted by Gasteiger charge is -2.15. The zero-order chi connectivity index (χ0) is 15.1. The first kappa shape index (κ1) is 19.1. The maximum absolute atomic E-state index is 13.1. The Morgan fingerprint density at radius 1 is 1.00 bits per heavy atom. The van der Waals surface area contributed by atoms with Gasteiger partial charge in [-0.05, 0) is 31.0 Å². The van der Waals surface area contributed by atoms with Gasteiger partial charge in [0, 0.05) is 0 Å². The van der Waals surface area contributed by atoms with Crippen LogP contribution >= 0.6 is 0 Å². The molecule has 0 aromatic heterocycles. The van der Waals surface area contributed by atoms with E-state index in [1.807, 2.05) is 27.7 Å². The minimum absolute atomic E-state index is 0.0612. The van der Waals surface area contributed by atoms with Gasteiger partial charge < -0.3 is 5.73 Å². The second-order valence-corrected chi connectivity index (χ2v) is 3.09. The molecule has 106 valence electrons. The van der Waals surface area contributed by atoms with Crippen molar-refractivity contribution in [2.45, 2.75) is 47.7 Å². The molecule has 0 bridgehead atoms. The van der Waals surface area contributed by atoms with Crippen LogP contribution in [0.25, 0.3) is 0 Å². The summed E-state index contributed by atoms with van der Waals surface area (Å²) in [6.45, 7) is 10.3. The molecule has 1 rings (SSSR count). The number of benzene rings is 1. The highest BCUT2D eigenvalue weighted by Gasteiger charge is 2.35. The fraction of sp³-hybridized carbons (Fsp3) is 0.538. The molecule has 1 nitrogen and oxygen atoms in total. The smallest absolute Gasteiger partial charge is 0.396 e. The SMILES string of the molecule is CC.CC.Cc1cc(N)c(F)c(C)c1C(F)(F)F. The van der Waals surface area contributed by atoms with Crippen molar-refractivity contribution in [3.8, 4) is 0 Å². The number of nitrogens with two attached hydrogens (primary N) is 1. The van der Waals surface area contributed by atoms with Crippen LogP contribution in [0.5, 0.6) is 0 Å². The van der Waals surface area contributed by atoms with E-state index in [1.165, 1.54) is 6.92 Å². The first-order valence-electron chi connectivity index (χ1n) is 5.87. The molecule has 0 amide bonds. The lowest BCUT2D eigenvalue weighted by molar-refractivity contribution is -0.138. The van der Waals surface area contributed by atoms with E-state index in [2.05, 4.69) is 0 Å². The molecule has 0 fully saturated rings. The van der Waals surface area contributed by atoms with Gasteiger partial charge in [0.1, 0.15) is 5.82 Å². The van der Waals surface area contributed by atoms with Crippen LogP contribution < -0.4 is 5.73 Å². The van der Waals surface area contributed by atoms with Crippen LogP contribution in [0.2, 0.25) is 0 Å². The Labute approximate surface area is 106 Å². The normalized spacial score (nSPS) is 9.89. The highest BCUT2D eigenvalue weighted by Crippen LogP contribution is 2.36. The van der Waals surface area contributed by atoms with Gasteiger partial charge in [0.15, 0.2) is 0 Å². The molecule has 0 spiro atoms. The van der Waals surface area contributed by atoms with Crippen molar-refractivity contribution in [3.63, 3.8) is 0 Å². The number of hydrogen-bond donors (Lipinski definition) is 1. The molecular formula is C13H21F4N. The minimum Gasteiger partial charge on any atom is -0.396 e. The van der Waals surface area contributed by atoms with Crippen LogP contribution in [0.15, 0.2) is 6.07 Å². The van der Waals surface area contributed by atoms with Crippen molar-refractivity contribution in [2.24, 2.45) is 0 Å². The van der Waals surface area contributed by atoms with E-state index in [4.69, 9.17) is 5.73 Å². The number of nitrogen functional groups attached to an aromatic ring is 1. The molecule has 0 saturated heterocycles. The Morgan fingerprint density at radius 2 is 1.39 bits per heavy atom. The van der Waals surface area contributed by atoms with Gasteiger partial charge in [-0.1, -0.05) is 27.7 Å². The van der Waals surface area contributed by atoms with Gasteiger partial charge in [-0.25, -0.2) is 4.39 Å². The summed E-state index contributed by atoms with van der Waals surface area (Å²) in [6.07, 6.45) is -4.54. The number of anilines is 1. The molecule has 0 aliphatic heterocycles. The van der Waals surface area contributed by atoms with E-state index in [-0.39, 0.29) is 11.3 Å². The molecule has 0 unspecified atom stereocenters. The van der Waals surface area contributed by atoms with Crippen molar-refractivity contribution < 1.29 is 17.6 Å². The molecule has 1 aromatic rings. The van der Waals surface area contributed by atoms with Crippen molar-refractivity contribution in [3.05, 3.63) is 28.6 Å². The Bertz CT molecular complexity index is 370. The van der Waals surface area contributed by atoms with Gasteiger partial charge >= 0.3 is 6.18 Å². The second kappa shape index (κ2) is 7.95. The summed E-state index contributed by atoms with van der Waals surface area (Å²) >= 11 is 0. The molecule has 0 heterocycles. The van der Waals surface area contributed by atoms with E-state index < -0.39 is 23.1 Å². The largest absolute Gasteiger partial charge is 0.417 e. The van der Waals surface area contributed by atoms with E-state index in [0.717, 1.165) is 13.0 Å². The minimum atomic E-state index is -4.54. The molecule has 0 radical (unpaired) electrons. The van der Waals surface area contributed by atoms with Crippen LogP contribution in [0.3, 0.4) is 0 Å². The fourth-order valence-electron chi connectivity index (χ4n) is 1.43. The van der Waals surface area contributed by atoms with Gasteiger partial charge in [-0.3, -0.25) is 0 Å². The Morgan fingerprint density at radius 3 is 1.72 bits per heavy atom. The molecule has 5 heteroatoms. The summed E-state index contributed by atoms with van der Waals surface area (Å²) in [4.78, 5) is 0. The predicted octanol–water partition coefficient (Wildman–Crippen LogP) is 5.10. The maximum atomic E-state index is 13.1. The average Bonchev–Trinajstić information content (AvgIpc) is 2.29. The Balaban J connectivity index is 0. The summed E-state index contributed by atoms with van der Waals surface area (Å²) in [5.74, 6) is -0.997. The zero-order valence-corrected chi connectivity index (χ0v) is 11.7. The van der Waals surface area contributed by atoms with Gasteiger partial charge in [0.05, 0.1) is 11.3 Å². The first-order chi connectivity index (χ1) is 8.25. The highest BCUT2D eigenvalue weighted by molar-refractivity contribution is 5.51. The van der Waals surface area contributed by atoms with Crippen LogP contribution in [-0.4, -0.2) is 0 Å². The number of halogens is 4. The number of hydrogen-bond acceptors (Lipinski definition) is 1. The van der Waals surface area contributed by atoms with Gasteiger partial charge in [0.25, 0.3) is 0 Å². The predicted molar refractivity (Wildman–Crippen MR) is 68.0 cm³/mol. The number of alkyl halides is 3. The fourth-order valence-corrected chi connectivity index (χ4v) is 1.43. The monoisotopic (exact) mass is 267 g/mol. The molecule has 1 aromatic carbocycles. The van der Waals surface area contributed by atoms with Crippen molar-refractivity contribution in [1.82, 2.24) is 0 Å². The lowest BCUT2D eigenvalue weighted by Crippen LogP contribution is -2.12. The van der Waals surface area contributed by atoms with E-state index in [1.54, 1.807) is 0 Å².